The van der Waals surface area contributed by atoms with Crippen molar-refractivity contribution in [1.82, 2.24) is 4.98 Å². The Labute approximate surface area is 127 Å². The van der Waals surface area contributed by atoms with Gasteiger partial charge in [-0.1, -0.05) is 0 Å². The Kier molecular flexibility index (Phi) is 4.97. The third-order valence-corrected chi connectivity index (χ3v) is 4.87. The topological polar surface area (TPSA) is 73.3 Å². The molecule has 0 unspecified atom stereocenters. The van der Waals surface area contributed by atoms with Gasteiger partial charge < -0.3 is 4.74 Å². The number of aromatic nitrogens is 1. The number of sulfone groups is 1. The molecule has 0 radical (unpaired) electrons. The highest BCUT2D eigenvalue weighted by Crippen LogP contribution is 2.24. The lowest BCUT2D eigenvalue weighted by molar-refractivity contribution is 0.00641. The number of halogens is 1. The fourth-order valence-corrected chi connectivity index (χ4v) is 2.78. The van der Waals surface area contributed by atoms with Crippen molar-refractivity contribution in [2.24, 2.45) is 0 Å². The molecule has 0 saturated heterocycles. The number of hydrogen-bond donors (Lipinski definition) is 0. The molecular weight excluding hydrogens is 346 g/mol. The van der Waals surface area contributed by atoms with E-state index in [4.69, 9.17) is 4.74 Å². The third-order valence-electron chi connectivity index (χ3n) is 2.33. The van der Waals surface area contributed by atoms with Gasteiger partial charge in [0.25, 0.3) is 0 Å². The molecule has 1 heterocycles. The van der Waals surface area contributed by atoms with Crippen LogP contribution in [0.4, 0.5) is 0 Å². The van der Waals surface area contributed by atoms with E-state index >= 15 is 0 Å². The molecule has 0 fully saturated rings. The average molecular weight is 364 g/mol. The van der Waals surface area contributed by atoms with Gasteiger partial charge in [-0.25, -0.2) is 18.2 Å². The van der Waals surface area contributed by atoms with E-state index in [2.05, 4.69) is 20.9 Å². The van der Waals surface area contributed by atoms with E-state index in [1.807, 2.05) is 0 Å². The summed E-state index contributed by atoms with van der Waals surface area (Å²) < 4.78 is 30.2. The highest BCUT2D eigenvalue weighted by Gasteiger charge is 2.30. The maximum atomic E-state index is 12.2. The second-order valence-electron chi connectivity index (χ2n) is 5.60. The summed E-state index contributed by atoms with van der Waals surface area (Å²) in [5.74, 6) is -0.703. The van der Waals surface area contributed by atoms with E-state index in [9.17, 15) is 13.2 Å². The van der Waals surface area contributed by atoms with Crippen LogP contribution < -0.4 is 0 Å². The molecule has 20 heavy (non-hydrogen) atoms. The first-order valence-corrected chi connectivity index (χ1v) is 8.42. The van der Waals surface area contributed by atoms with E-state index in [0.29, 0.717) is 4.47 Å². The van der Waals surface area contributed by atoms with Crippen LogP contribution in [0, 0.1) is 0 Å². The summed E-state index contributed by atoms with van der Waals surface area (Å²) in [4.78, 5) is 16.0. The van der Waals surface area contributed by atoms with Gasteiger partial charge in [0.15, 0.2) is 14.9 Å². The molecule has 1 aromatic heterocycles. The SMILES string of the molecule is CC(C)S(=O)(=O)c1ncc(Br)cc1C(=O)OC(C)(C)C. The van der Waals surface area contributed by atoms with E-state index in [1.165, 1.54) is 26.1 Å². The number of esters is 1. The molecule has 0 spiro atoms. The Hall–Kier alpha value is -0.950. The van der Waals surface area contributed by atoms with Crippen molar-refractivity contribution in [2.45, 2.75) is 50.5 Å². The molecule has 0 atom stereocenters. The first-order valence-electron chi connectivity index (χ1n) is 6.08. The van der Waals surface area contributed by atoms with Crippen molar-refractivity contribution >= 4 is 31.7 Å². The van der Waals surface area contributed by atoms with Gasteiger partial charge in [0, 0.05) is 10.7 Å². The molecular formula is C13H18BrNO4S. The quantitative estimate of drug-likeness (QED) is 0.771. The molecule has 0 aliphatic heterocycles. The Morgan fingerprint density at radius 3 is 2.35 bits per heavy atom. The Bertz CT molecular complexity index is 618. The van der Waals surface area contributed by atoms with Crippen LogP contribution in [0.5, 0.6) is 0 Å². The fourth-order valence-electron chi connectivity index (χ4n) is 1.36. The molecule has 1 aromatic rings. The van der Waals surface area contributed by atoms with Crippen molar-refractivity contribution < 1.29 is 17.9 Å². The van der Waals surface area contributed by atoms with Crippen LogP contribution in [0.25, 0.3) is 0 Å². The monoisotopic (exact) mass is 363 g/mol. The molecule has 112 valence electrons. The summed E-state index contributed by atoms with van der Waals surface area (Å²) >= 11 is 3.18. The van der Waals surface area contributed by atoms with E-state index in [0.717, 1.165) is 0 Å². The Balaban J connectivity index is 3.40. The van der Waals surface area contributed by atoms with Crippen LogP contribution in [0.2, 0.25) is 0 Å². The van der Waals surface area contributed by atoms with E-state index < -0.39 is 26.7 Å². The van der Waals surface area contributed by atoms with Crippen molar-refractivity contribution in [3.05, 3.63) is 22.3 Å². The first-order chi connectivity index (χ1) is 8.95. The zero-order valence-corrected chi connectivity index (χ0v) is 14.5. The van der Waals surface area contributed by atoms with Crippen molar-refractivity contribution in [2.75, 3.05) is 0 Å². The van der Waals surface area contributed by atoms with Gasteiger partial charge in [-0.2, -0.15) is 0 Å². The van der Waals surface area contributed by atoms with Crippen LogP contribution in [0.1, 0.15) is 45.0 Å². The van der Waals surface area contributed by atoms with Crippen LogP contribution in [0.3, 0.4) is 0 Å². The fraction of sp³-hybridized carbons (Fsp3) is 0.538. The predicted octanol–water partition coefficient (Wildman–Crippen LogP) is 2.98. The van der Waals surface area contributed by atoms with E-state index in [1.54, 1.807) is 20.8 Å². The highest BCUT2D eigenvalue weighted by molar-refractivity contribution is 9.10. The number of hydrogen-bond acceptors (Lipinski definition) is 5. The zero-order chi connectivity index (χ0) is 15.7. The predicted molar refractivity (Wildman–Crippen MR) is 79.4 cm³/mol. The second-order valence-corrected chi connectivity index (χ2v) is 8.94. The molecule has 7 heteroatoms. The van der Waals surface area contributed by atoms with Crippen LogP contribution in [-0.2, 0) is 14.6 Å². The van der Waals surface area contributed by atoms with Crippen molar-refractivity contribution in [1.29, 1.82) is 0 Å². The van der Waals surface area contributed by atoms with Gasteiger partial charge in [-0.15, -0.1) is 0 Å². The number of pyridine rings is 1. The molecule has 5 nitrogen and oxygen atoms in total. The lowest BCUT2D eigenvalue weighted by atomic mass is 10.2. The summed E-state index contributed by atoms with van der Waals surface area (Å²) in [6, 6.07) is 1.41. The summed E-state index contributed by atoms with van der Waals surface area (Å²) in [6.45, 7) is 8.22. The van der Waals surface area contributed by atoms with Crippen molar-refractivity contribution in [3.63, 3.8) is 0 Å². The van der Waals surface area contributed by atoms with Gasteiger partial charge >= 0.3 is 5.97 Å². The number of carbonyl (C=O) groups is 1. The number of ether oxygens (including phenoxy) is 1. The highest BCUT2D eigenvalue weighted by atomic mass is 79.9. The first kappa shape index (κ1) is 17.1. The maximum absolute atomic E-state index is 12.2. The van der Waals surface area contributed by atoms with Gasteiger partial charge in [-0.05, 0) is 56.6 Å². The number of rotatable bonds is 3. The van der Waals surface area contributed by atoms with Crippen LogP contribution in [-0.4, -0.2) is 30.2 Å². The summed E-state index contributed by atoms with van der Waals surface area (Å²) in [6.07, 6.45) is 1.35. The Morgan fingerprint density at radius 1 is 1.35 bits per heavy atom. The Morgan fingerprint density at radius 2 is 1.90 bits per heavy atom. The average Bonchev–Trinajstić information content (AvgIpc) is 2.25. The molecule has 0 amide bonds. The van der Waals surface area contributed by atoms with Crippen molar-refractivity contribution in [3.8, 4) is 0 Å². The summed E-state index contributed by atoms with van der Waals surface area (Å²) in [7, 11) is -3.66. The lowest BCUT2D eigenvalue weighted by Crippen LogP contribution is -2.26. The minimum absolute atomic E-state index is 0.0528. The summed E-state index contributed by atoms with van der Waals surface area (Å²) in [5, 5.41) is -0.915. The molecule has 0 aliphatic carbocycles. The molecule has 0 bridgehead atoms. The van der Waals surface area contributed by atoms with Gasteiger partial charge in [0.05, 0.1) is 10.8 Å². The second kappa shape index (κ2) is 5.81. The van der Waals surface area contributed by atoms with Gasteiger partial charge in [0.2, 0.25) is 0 Å². The summed E-state index contributed by atoms with van der Waals surface area (Å²) in [5.41, 5.74) is -0.763. The molecule has 0 N–H and O–H groups in total. The minimum Gasteiger partial charge on any atom is -0.456 e. The molecule has 0 aromatic carbocycles. The molecule has 0 aliphatic rings. The smallest absolute Gasteiger partial charge is 0.341 e. The zero-order valence-electron chi connectivity index (χ0n) is 12.1. The van der Waals surface area contributed by atoms with Gasteiger partial charge in [0.1, 0.15) is 5.60 Å². The van der Waals surface area contributed by atoms with Crippen LogP contribution in [0.15, 0.2) is 21.8 Å². The lowest BCUT2D eigenvalue weighted by Gasteiger charge is -2.20. The van der Waals surface area contributed by atoms with E-state index in [-0.39, 0.29) is 10.6 Å². The molecule has 0 saturated carbocycles. The largest absolute Gasteiger partial charge is 0.456 e. The molecule has 1 rings (SSSR count). The number of nitrogens with zero attached hydrogens (tertiary/aromatic N) is 1. The maximum Gasteiger partial charge on any atom is 0.341 e. The normalized spacial score (nSPS) is 12.6. The third kappa shape index (κ3) is 4.02. The van der Waals surface area contributed by atoms with Gasteiger partial charge in [-0.3, -0.25) is 0 Å². The van der Waals surface area contributed by atoms with Crippen LogP contribution >= 0.6 is 15.9 Å². The number of carbonyl (C=O) groups excluding carboxylic acids is 1. The standard InChI is InChI=1S/C13H18BrNO4S/c1-8(2)20(17,18)11-10(6-9(14)7-15-11)12(16)19-13(3,4)5/h6-8H,1-5H3. The minimum atomic E-state index is -3.66.